The van der Waals surface area contributed by atoms with Crippen LogP contribution in [0.15, 0.2) is 130 Å². The second-order valence-corrected chi connectivity index (χ2v) is 29.2. The molecule has 14 atom stereocenters. The number of carboxylic acids is 1. The van der Waals surface area contributed by atoms with Crippen LogP contribution in [0.1, 0.15) is 119 Å². The lowest BCUT2D eigenvalue weighted by atomic mass is 9.48. The number of benzene rings is 2. The SMILES string of the molecule is C[C@H](/C=C/C(=O)NS(=O)(=O)c1ccc(OC(F)(F)F)cc1)C1CCC2C3C=CC4=CC(=O)CC[C@]4(C)C3CC[C@@]21C.C[C@H](/C=C/C(=O)O)C1CCC2C3C=CC4=CC(=O)CC[C@]4(C)C3CC[C@@]21C.ClCCl.NS(=O)(=O)c1ccc(OC(F)(F)F)cc1. The maximum Gasteiger partial charge on any atom is 0.573 e. The number of halogens is 8. The number of nitrogens with one attached hydrogen (secondary N) is 1. The molecule has 86 heavy (non-hydrogen) atoms. The summed E-state index contributed by atoms with van der Waals surface area (Å²) in [7, 11) is -8.17. The fraction of sp³-hybridized carbons (Fsp3) is 0.556. The summed E-state index contributed by atoms with van der Waals surface area (Å²) < 4.78 is 128. The van der Waals surface area contributed by atoms with Crippen molar-refractivity contribution in [3.8, 4) is 11.5 Å². The Labute approximate surface area is 510 Å². The summed E-state index contributed by atoms with van der Waals surface area (Å²) in [5.41, 5.74) is 3.00. The molecule has 10 rings (SSSR count). The molecule has 8 aliphatic carbocycles. The molecule has 4 N–H and O–H groups in total. The number of hydrogen-bond donors (Lipinski definition) is 3. The largest absolute Gasteiger partial charge is 0.573 e. The van der Waals surface area contributed by atoms with Gasteiger partial charge in [-0.05, 0) is 217 Å². The van der Waals surface area contributed by atoms with Gasteiger partial charge in [0.05, 0.1) is 15.1 Å². The van der Waals surface area contributed by atoms with Gasteiger partial charge in [0, 0.05) is 25.0 Å². The summed E-state index contributed by atoms with van der Waals surface area (Å²) in [5.74, 6) is 2.40. The average molecular weight is 1290 g/mol. The quantitative estimate of drug-likeness (QED) is 0.109. The lowest BCUT2D eigenvalue weighted by Crippen LogP contribution is -2.49. The number of carboxylic acid groups (broad SMARTS) is 1. The van der Waals surface area contributed by atoms with Gasteiger partial charge in [-0.2, -0.15) is 0 Å². The minimum Gasteiger partial charge on any atom is -0.478 e. The van der Waals surface area contributed by atoms with Gasteiger partial charge in [0.15, 0.2) is 11.6 Å². The van der Waals surface area contributed by atoms with Gasteiger partial charge in [-0.3, -0.25) is 14.4 Å². The van der Waals surface area contributed by atoms with Crippen molar-refractivity contribution in [3.63, 3.8) is 0 Å². The Morgan fingerprint density at radius 3 is 1.40 bits per heavy atom. The van der Waals surface area contributed by atoms with E-state index in [0.29, 0.717) is 66.1 Å². The molecule has 0 bridgehead atoms. The number of sulfonamides is 2. The number of nitrogens with two attached hydrogens (primary N) is 1. The highest BCUT2D eigenvalue weighted by atomic mass is 35.5. The Morgan fingerprint density at radius 2 is 1.02 bits per heavy atom. The number of aliphatic carboxylic acids is 1. The molecule has 8 aliphatic rings. The summed E-state index contributed by atoms with van der Waals surface area (Å²) >= 11 is 9.53. The lowest BCUT2D eigenvalue weighted by molar-refractivity contribution is -0.275. The first-order valence-corrected chi connectivity index (χ1v) is 33.0. The van der Waals surface area contributed by atoms with Crippen molar-refractivity contribution in [3.05, 3.63) is 120 Å². The van der Waals surface area contributed by atoms with E-state index in [-0.39, 0.29) is 54.3 Å². The summed E-state index contributed by atoms with van der Waals surface area (Å²) in [6.45, 7) is 13.8. The highest BCUT2D eigenvalue weighted by molar-refractivity contribution is 7.90. The maximum atomic E-state index is 12.6. The number of alkyl halides is 8. The second-order valence-electron chi connectivity index (χ2n) is 25.2. The van der Waals surface area contributed by atoms with Crippen molar-refractivity contribution in [1.29, 1.82) is 0 Å². The van der Waals surface area contributed by atoms with Crippen LogP contribution in [0.2, 0.25) is 0 Å². The smallest absolute Gasteiger partial charge is 0.478 e. The predicted octanol–water partition coefficient (Wildman–Crippen LogP) is 14.3. The van der Waals surface area contributed by atoms with Gasteiger partial charge in [0.2, 0.25) is 10.0 Å². The number of rotatable bonds is 11. The summed E-state index contributed by atoms with van der Waals surface area (Å²) in [5, 5.41) is 13.9. The van der Waals surface area contributed by atoms with Crippen molar-refractivity contribution in [2.75, 3.05) is 5.34 Å². The lowest BCUT2D eigenvalue weighted by Gasteiger charge is -2.56. The van der Waals surface area contributed by atoms with Gasteiger partial charge in [-0.25, -0.2) is 31.5 Å². The van der Waals surface area contributed by atoms with Crippen LogP contribution in [0.3, 0.4) is 0 Å². The van der Waals surface area contributed by atoms with Crippen molar-refractivity contribution >= 4 is 66.7 Å². The Hall–Kier alpha value is -5.22. The number of allylic oxidation sites excluding steroid dienone is 10. The van der Waals surface area contributed by atoms with Gasteiger partial charge < -0.3 is 14.6 Å². The molecule has 4 saturated carbocycles. The molecule has 0 heterocycles. The van der Waals surface area contributed by atoms with Crippen molar-refractivity contribution in [2.45, 2.75) is 141 Å². The van der Waals surface area contributed by atoms with Crippen molar-refractivity contribution in [1.82, 2.24) is 4.72 Å². The Balaban J connectivity index is 0.000000201. The van der Waals surface area contributed by atoms with E-state index in [9.17, 15) is 62.4 Å². The van der Waals surface area contributed by atoms with E-state index in [1.807, 2.05) is 23.0 Å². The first kappa shape index (κ1) is 68.3. The van der Waals surface area contributed by atoms with Crippen LogP contribution in [0.25, 0.3) is 0 Å². The second kappa shape index (κ2) is 26.5. The number of amides is 1. The van der Waals surface area contributed by atoms with Crippen molar-refractivity contribution < 1.29 is 76.9 Å². The molecule has 2 aromatic carbocycles. The third kappa shape index (κ3) is 15.4. The molecule has 0 aliphatic heterocycles. The van der Waals surface area contributed by atoms with Crippen LogP contribution < -0.4 is 19.3 Å². The van der Waals surface area contributed by atoms with E-state index < -0.39 is 56.1 Å². The van der Waals surface area contributed by atoms with Gasteiger partial charge in [0.1, 0.15) is 11.5 Å². The summed E-state index contributed by atoms with van der Waals surface area (Å²) in [6.07, 6.45) is 21.8. The molecule has 0 radical (unpaired) electrons. The van der Waals surface area contributed by atoms with E-state index in [2.05, 4.69) is 75.3 Å². The van der Waals surface area contributed by atoms with Crippen LogP contribution in [-0.2, 0) is 39.2 Å². The fourth-order valence-electron chi connectivity index (χ4n) is 16.4. The normalized spacial score (nSPS) is 32.5. The monoisotopic (exact) mass is 1280 g/mol. The number of ketones is 2. The van der Waals surface area contributed by atoms with Gasteiger partial charge in [-0.1, -0.05) is 78.0 Å². The molecule has 0 saturated heterocycles. The number of hydrogen-bond acceptors (Lipinski definition) is 10. The molecule has 2 aromatic rings. The highest BCUT2D eigenvalue weighted by Gasteiger charge is 2.60. The minimum atomic E-state index is -4.89. The van der Waals surface area contributed by atoms with Gasteiger partial charge >= 0.3 is 18.7 Å². The number of carbonyl (C=O) groups excluding carboxylic acids is 3. The molecule has 8 unspecified atom stereocenters. The number of carbonyl (C=O) groups is 4. The van der Waals surface area contributed by atoms with Crippen LogP contribution in [0.5, 0.6) is 11.5 Å². The zero-order valence-electron chi connectivity index (χ0n) is 48.8. The van der Waals surface area contributed by atoms with Gasteiger partial charge in [-0.15, -0.1) is 49.5 Å². The van der Waals surface area contributed by atoms with Crippen LogP contribution in [0, 0.1) is 80.8 Å². The van der Waals surface area contributed by atoms with Crippen LogP contribution in [-0.4, -0.2) is 63.4 Å². The predicted molar refractivity (Wildman–Crippen MR) is 314 cm³/mol. The van der Waals surface area contributed by atoms with E-state index >= 15 is 0 Å². The van der Waals surface area contributed by atoms with E-state index in [1.165, 1.54) is 49.0 Å². The van der Waals surface area contributed by atoms with Crippen LogP contribution >= 0.6 is 23.2 Å². The molecule has 0 spiro atoms. The maximum absolute atomic E-state index is 12.6. The molecule has 13 nitrogen and oxygen atoms in total. The zero-order chi connectivity index (χ0) is 63.6. The summed E-state index contributed by atoms with van der Waals surface area (Å²) in [6, 6.07) is 7.24. The first-order valence-electron chi connectivity index (χ1n) is 28.9. The number of ether oxygens (including phenoxy) is 2. The first-order chi connectivity index (χ1) is 40.0. The third-order valence-electron chi connectivity index (χ3n) is 20.5. The molecule has 0 aromatic heterocycles. The third-order valence-corrected chi connectivity index (χ3v) is 22.8. The van der Waals surface area contributed by atoms with Crippen molar-refractivity contribution in [2.24, 2.45) is 86.0 Å². The zero-order valence-corrected chi connectivity index (χ0v) is 52.0. The fourth-order valence-corrected chi connectivity index (χ4v) is 17.9. The molecule has 4 fully saturated rings. The van der Waals surface area contributed by atoms with E-state index in [4.69, 9.17) is 33.4 Å². The Morgan fingerprint density at radius 1 is 0.640 bits per heavy atom. The highest BCUT2D eigenvalue weighted by Crippen LogP contribution is 2.68. The average Bonchev–Trinajstić information content (AvgIpc) is 1.42. The van der Waals surface area contributed by atoms with E-state index in [1.54, 1.807) is 6.08 Å². The number of fused-ring (bicyclic) bond motifs is 10. The van der Waals surface area contributed by atoms with Gasteiger partial charge in [0.25, 0.3) is 15.9 Å². The summed E-state index contributed by atoms with van der Waals surface area (Å²) in [4.78, 5) is 46.9. The molecule has 1 amide bonds. The Kier molecular flexibility index (Phi) is 21.0. The number of primary sulfonamides is 1. The van der Waals surface area contributed by atoms with Crippen LogP contribution in [0.4, 0.5) is 26.3 Å². The molecular formula is C63H76Cl2F6N2O11S2. The standard InChI is InChI=1S/C31H36F3NO5S.C24H32O3.C7H6F3NO3S.CH2Cl2/c1-19(4-13-28(37)35-41(38,39)23-8-6-22(7-9-23)40-31(32,33)34)25-11-12-26-24-10-5-20-18-21(36)14-16-29(20,2)27(24)15-17-30(25,26)3;1-15(4-9-22(26)27)19-7-8-20-18-6-5-16-14-17(25)10-12-23(16,2)21(18)11-13-24(19,20)3;8-7(9,10)14-5-1-3-6(4-2-5)15(11,12)13;2-1-3/h4-10,13,18-19,24-27H,11-12,14-17H2,1-3H3,(H,35,37);4-6,9,14-15,18-21H,7-8,10-13H2,1-3H3,(H,26,27);1-4H,(H2,11,12,13);1H2/b13-4+;9-4+;;/t19-,24?,25?,26?,27?,29+,30-;15-,18?,19?,20?,21?,23+,24-;;/m11../s1. The molecular weight excluding hydrogens is 1210 g/mol. The van der Waals surface area contributed by atoms with E-state index in [0.717, 1.165) is 87.1 Å². The molecule has 23 heteroatoms. The minimum absolute atomic E-state index is 0.0352. The molecule has 472 valence electrons. The topological polar surface area (TPSA) is 213 Å². The Bertz CT molecular complexity index is 3280.